The van der Waals surface area contributed by atoms with E-state index < -0.39 is 40.7 Å². The summed E-state index contributed by atoms with van der Waals surface area (Å²) in [7, 11) is 0. The Balaban J connectivity index is 1.71. The van der Waals surface area contributed by atoms with E-state index in [1.807, 2.05) is 18.2 Å². The number of carbonyl (C=O) groups is 2. The van der Waals surface area contributed by atoms with E-state index in [1.54, 1.807) is 12.1 Å². The van der Waals surface area contributed by atoms with E-state index in [-0.39, 0.29) is 13.2 Å². The van der Waals surface area contributed by atoms with Gasteiger partial charge in [-0.25, -0.2) is 18.0 Å². The van der Waals surface area contributed by atoms with E-state index in [9.17, 15) is 22.8 Å². The minimum Gasteiger partial charge on any atom is -0.445 e. The fourth-order valence-electron chi connectivity index (χ4n) is 3.17. The van der Waals surface area contributed by atoms with Crippen molar-refractivity contribution in [2.75, 3.05) is 11.9 Å². The first-order chi connectivity index (χ1) is 13.3. The van der Waals surface area contributed by atoms with Gasteiger partial charge in [-0.3, -0.25) is 9.69 Å². The highest BCUT2D eigenvalue weighted by Gasteiger charge is 2.46. The summed E-state index contributed by atoms with van der Waals surface area (Å²) < 4.78 is 45.6. The molecule has 5 nitrogen and oxygen atoms in total. The van der Waals surface area contributed by atoms with Crippen LogP contribution in [0.5, 0.6) is 0 Å². The molecule has 1 N–H and O–H groups in total. The van der Waals surface area contributed by atoms with Gasteiger partial charge in [-0.2, -0.15) is 0 Å². The molecule has 0 bridgehead atoms. The smallest absolute Gasteiger partial charge is 0.410 e. The van der Waals surface area contributed by atoms with Crippen LogP contribution in [-0.4, -0.2) is 29.0 Å². The topological polar surface area (TPSA) is 58.6 Å². The van der Waals surface area contributed by atoms with Crippen molar-refractivity contribution in [3.8, 4) is 0 Å². The van der Waals surface area contributed by atoms with E-state index in [4.69, 9.17) is 4.74 Å². The number of amides is 2. The van der Waals surface area contributed by atoms with Gasteiger partial charge in [0.25, 0.3) is 0 Å². The zero-order chi connectivity index (χ0) is 20.3. The highest BCUT2D eigenvalue weighted by molar-refractivity contribution is 6.00. The van der Waals surface area contributed by atoms with Crippen LogP contribution in [-0.2, 0) is 16.1 Å². The maximum absolute atomic E-state index is 13.9. The molecule has 1 fully saturated rings. The molecule has 8 heteroatoms. The first-order valence-electron chi connectivity index (χ1n) is 8.76. The Morgan fingerprint density at radius 2 is 1.82 bits per heavy atom. The van der Waals surface area contributed by atoms with Crippen molar-refractivity contribution in [1.29, 1.82) is 0 Å². The fourth-order valence-corrected chi connectivity index (χ4v) is 3.17. The average Bonchev–Trinajstić information content (AvgIpc) is 3.10. The second kappa shape index (κ2) is 7.92. The predicted molar refractivity (Wildman–Crippen MR) is 95.9 cm³/mol. The Labute approximate surface area is 160 Å². The van der Waals surface area contributed by atoms with Gasteiger partial charge in [-0.1, -0.05) is 30.3 Å². The molecule has 1 saturated heterocycles. The summed E-state index contributed by atoms with van der Waals surface area (Å²) >= 11 is 0. The molecule has 3 rings (SSSR count). The van der Waals surface area contributed by atoms with Crippen molar-refractivity contribution in [3.63, 3.8) is 0 Å². The van der Waals surface area contributed by atoms with Gasteiger partial charge in [0.2, 0.25) is 5.91 Å². The molecule has 148 valence electrons. The number of benzene rings is 2. The van der Waals surface area contributed by atoms with Crippen molar-refractivity contribution >= 4 is 17.7 Å². The van der Waals surface area contributed by atoms with Crippen molar-refractivity contribution in [2.45, 2.75) is 31.9 Å². The number of rotatable bonds is 4. The molecule has 2 aromatic carbocycles. The lowest BCUT2D eigenvalue weighted by atomic mass is 9.97. The first-order valence-corrected chi connectivity index (χ1v) is 8.76. The van der Waals surface area contributed by atoms with E-state index in [2.05, 4.69) is 5.32 Å². The molecule has 0 aliphatic carbocycles. The van der Waals surface area contributed by atoms with E-state index in [0.29, 0.717) is 12.8 Å². The summed E-state index contributed by atoms with van der Waals surface area (Å²) in [6.45, 7) is 1.86. The lowest BCUT2D eigenvalue weighted by Crippen LogP contribution is -2.53. The summed E-state index contributed by atoms with van der Waals surface area (Å²) in [6.07, 6.45) is 0.194. The average molecular weight is 392 g/mol. The molecule has 2 amide bonds. The predicted octanol–water partition coefficient (Wildman–Crippen LogP) is 4.23. The Morgan fingerprint density at radius 3 is 2.54 bits per heavy atom. The molecule has 0 spiro atoms. The second-order valence-corrected chi connectivity index (χ2v) is 6.75. The van der Waals surface area contributed by atoms with Gasteiger partial charge < -0.3 is 10.1 Å². The number of nitrogens with one attached hydrogen (secondary N) is 1. The summed E-state index contributed by atoms with van der Waals surface area (Å²) in [5.41, 5.74) is -0.995. The van der Waals surface area contributed by atoms with Crippen LogP contribution >= 0.6 is 0 Å². The summed E-state index contributed by atoms with van der Waals surface area (Å²) in [4.78, 5) is 26.5. The van der Waals surface area contributed by atoms with E-state index in [0.717, 1.165) is 17.7 Å². The fraction of sp³-hybridized carbons (Fsp3) is 0.300. The number of likely N-dealkylation sites (tertiary alicyclic amines) is 1. The van der Waals surface area contributed by atoms with Gasteiger partial charge in [0.15, 0.2) is 17.5 Å². The van der Waals surface area contributed by atoms with Crippen LogP contribution in [0.4, 0.5) is 23.7 Å². The number of ether oxygens (including phenoxy) is 1. The molecule has 1 atom stereocenters. The Morgan fingerprint density at radius 1 is 1.11 bits per heavy atom. The maximum Gasteiger partial charge on any atom is 0.410 e. The number of nitrogens with zero attached hydrogens (tertiary/aromatic N) is 1. The van der Waals surface area contributed by atoms with Crippen LogP contribution < -0.4 is 5.32 Å². The third-order valence-electron chi connectivity index (χ3n) is 4.84. The molecule has 0 radical (unpaired) electrons. The van der Waals surface area contributed by atoms with Crippen molar-refractivity contribution in [2.24, 2.45) is 0 Å². The summed E-state index contributed by atoms with van der Waals surface area (Å²) in [5, 5.41) is 2.25. The van der Waals surface area contributed by atoms with Gasteiger partial charge in [0.05, 0.1) is 5.69 Å². The van der Waals surface area contributed by atoms with Crippen LogP contribution in [0.25, 0.3) is 0 Å². The van der Waals surface area contributed by atoms with Gasteiger partial charge in [-0.15, -0.1) is 0 Å². The number of carbonyl (C=O) groups excluding carboxylic acids is 2. The monoisotopic (exact) mass is 392 g/mol. The second-order valence-electron chi connectivity index (χ2n) is 6.75. The zero-order valence-corrected chi connectivity index (χ0v) is 15.2. The quantitative estimate of drug-likeness (QED) is 0.792. The Bertz CT molecular complexity index is 892. The molecule has 0 aromatic heterocycles. The Kier molecular flexibility index (Phi) is 5.58. The third-order valence-corrected chi connectivity index (χ3v) is 4.84. The van der Waals surface area contributed by atoms with Gasteiger partial charge >= 0.3 is 6.09 Å². The SMILES string of the molecule is CC1(C(=O)Nc2ccc(F)c(F)c2F)CCCN1C(=O)OCc1ccccc1. The minimum atomic E-state index is -1.67. The Hall–Kier alpha value is -3.03. The highest BCUT2D eigenvalue weighted by atomic mass is 19.2. The van der Waals surface area contributed by atoms with E-state index in [1.165, 1.54) is 11.8 Å². The number of halogens is 3. The van der Waals surface area contributed by atoms with Crippen LogP contribution in [0.15, 0.2) is 42.5 Å². The van der Waals surface area contributed by atoms with Crippen molar-refractivity contribution in [1.82, 2.24) is 4.90 Å². The lowest BCUT2D eigenvalue weighted by Gasteiger charge is -2.33. The number of hydrogen-bond donors (Lipinski definition) is 1. The van der Waals surface area contributed by atoms with Crippen LogP contribution in [0.3, 0.4) is 0 Å². The number of anilines is 1. The molecule has 2 aromatic rings. The molecular weight excluding hydrogens is 373 g/mol. The highest BCUT2D eigenvalue weighted by Crippen LogP contribution is 2.32. The minimum absolute atomic E-state index is 0.0473. The summed E-state index contributed by atoms with van der Waals surface area (Å²) in [6, 6.07) is 10.7. The molecule has 1 aliphatic heterocycles. The van der Waals surface area contributed by atoms with Crippen LogP contribution in [0.1, 0.15) is 25.3 Å². The maximum atomic E-state index is 13.9. The molecule has 1 aliphatic rings. The first kappa shape index (κ1) is 19.7. The van der Waals surface area contributed by atoms with Crippen molar-refractivity contribution in [3.05, 3.63) is 65.5 Å². The van der Waals surface area contributed by atoms with Gasteiger partial charge in [0.1, 0.15) is 12.1 Å². The van der Waals surface area contributed by atoms with Crippen LogP contribution in [0, 0.1) is 17.5 Å². The van der Waals surface area contributed by atoms with Crippen molar-refractivity contribution < 1.29 is 27.5 Å². The number of hydrogen-bond acceptors (Lipinski definition) is 3. The van der Waals surface area contributed by atoms with Crippen LogP contribution in [0.2, 0.25) is 0 Å². The van der Waals surface area contributed by atoms with Gasteiger partial charge in [0, 0.05) is 6.54 Å². The van der Waals surface area contributed by atoms with Gasteiger partial charge in [-0.05, 0) is 37.5 Å². The normalized spacial score (nSPS) is 18.8. The van der Waals surface area contributed by atoms with E-state index >= 15 is 0 Å². The largest absolute Gasteiger partial charge is 0.445 e. The molecule has 1 unspecified atom stereocenters. The molecule has 0 saturated carbocycles. The molecular formula is C20H19F3N2O3. The standard InChI is InChI=1S/C20H19F3N2O3/c1-20(18(26)24-15-9-8-14(21)16(22)17(15)23)10-5-11-25(20)19(27)28-12-13-6-3-2-4-7-13/h2-4,6-9H,5,10-12H2,1H3,(H,24,26). The third kappa shape index (κ3) is 3.81. The lowest BCUT2D eigenvalue weighted by molar-refractivity contribution is -0.125. The zero-order valence-electron chi connectivity index (χ0n) is 15.2. The molecule has 1 heterocycles. The summed E-state index contributed by atoms with van der Waals surface area (Å²) in [5.74, 6) is -5.22. The molecule has 28 heavy (non-hydrogen) atoms.